The maximum absolute atomic E-state index is 11.7. The van der Waals surface area contributed by atoms with Crippen molar-refractivity contribution < 1.29 is 9.90 Å². The second-order valence-corrected chi connectivity index (χ2v) is 3.99. The van der Waals surface area contributed by atoms with Gasteiger partial charge in [0.15, 0.2) is 5.11 Å². The molecule has 1 rings (SSSR count). The molecular formula is C12H16N2O2S. The summed E-state index contributed by atoms with van der Waals surface area (Å²) in [6, 6.07) is 6.34. The molecule has 17 heavy (non-hydrogen) atoms. The van der Waals surface area contributed by atoms with Crippen molar-refractivity contribution in [1.29, 1.82) is 0 Å². The van der Waals surface area contributed by atoms with E-state index in [1.165, 1.54) is 6.07 Å². The van der Waals surface area contributed by atoms with E-state index in [0.717, 1.165) is 19.4 Å². The molecule has 0 aliphatic carbocycles. The van der Waals surface area contributed by atoms with Crippen molar-refractivity contribution in [2.45, 2.75) is 19.8 Å². The van der Waals surface area contributed by atoms with E-state index < -0.39 is 5.91 Å². The number of rotatable bonds is 4. The molecule has 1 aromatic rings. The predicted octanol–water partition coefficient (Wildman–Crippen LogP) is 1.80. The number of thiocarbonyl (C=S) groups is 1. The van der Waals surface area contributed by atoms with Crippen molar-refractivity contribution in [2.75, 3.05) is 6.54 Å². The molecule has 0 radical (unpaired) electrons. The van der Waals surface area contributed by atoms with Gasteiger partial charge in [0, 0.05) is 6.54 Å². The molecule has 5 heteroatoms. The first kappa shape index (κ1) is 13.4. The van der Waals surface area contributed by atoms with Gasteiger partial charge in [0.05, 0.1) is 5.56 Å². The van der Waals surface area contributed by atoms with Crippen LogP contribution in [0.3, 0.4) is 0 Å². The largest absolute Gasteiger partial charge is 0.507 e. The van der Waals surface area contributed by atoms with Gasteiger partial charge in [0.25, 0.3) is 5.91 Å². The molecule has 0 bridgehead atoms. The van der Waals surface area contributed by atoms with E-state index in [1.54, 1.807) is 18.2 Å². The summed E-state index contributed by atoms with van der Waals surface area (Å²) in [5.41, 5.74) is 0.215. The Morgan fingerprint density at radius 3 is 2.76 bits per heavy atom. The first-order valence-electron chi connectivity index (χ1n) is 5.52. The second kappa shape index (κ2) is 6.85. The summed E-state index contributed by atoms with van der Waals surface area (Å²) in [5, 5.41) is 15.2. The molecule has 3 N–H and O–H groups in total. The fourth-order valence-corrected chi connectivity index (χ4v) is 1.45. The average Bonchev–Trinajstić information content (AvgIpc) is 2.29. The van der Waals surface area contributed by atoms with Gasteiger partial charge in [-0.15, -0.1) is 0 Å². The SMILES string of the molecule is CCCCNC(=S)NC(=O)c1ccccc1O. The van der Waals surface area contributed by atoms with E-state index in [2.05, 4.69) is 17.6 Å². The van der Waals surface area contributed by atoms with Gasteiger partial charge in [-0.05, 0) is 30.8 Å². The Kier molecular flexibility index (Phi) is 5.42. The summed E-state index contributed by atoms with van der Waals surface area (Å²) in [5.74, 6) is -0.460. The lowest BCUT2D eigenvalue weighted by Gasteiger charge is -2.09. The molecule has 0 aliphatic rings. The lowest BCUT2D eigenvalue weighted by molar-refractivity contribution is 0.0974. The Hall–Kier alpha value is -1.62. The smallest absolute Gasteiger partial charge is 0.261 e. The second-order valence-electron chi connectivity index (χ2n) is 3.58. The van der Waals surface area contributed by atoms with Crippen LogP contribution in [0.1, 0.15) is 30.1 Å². The molecule has 0 aromatic heterocycles. The summed E-state index contributed by atoms with van der Waals surface area (Å²) in [7, 11) is 0. The van der Waals surface area contributed by atoms with Gasteiger partial charge in [0.2, 0.25) is 0 Å². The van der Waals surface area contributed by atoms with Gasteiger partial charge in [-0.1, -0.05) is 25.5 Å². The molecule has 0 unspecified atom stereocenters. The van der Waals surface area contributed by atoms with Crippen molar-refractivity contribution in [3.05, 3.63) is 29.8 Å². The number of carbonyl (C=O) groups is 1. The van der Waals surface area contributed by atoms with Crippen LogP contribution in [0.2, 0.25) is 0 Å². The van der Waals surface area contributed by atoms with Crippen LogP contribution in [0.25, 0.3) is 0 Å². The molecule has 0 aliphatic heterocycles. The van der Waals surface area contributed by atoms with E-state index in [-0.39, 0.29) is 16.4 Å². The number of phenols is 1. The molecule has 0 fully saturated rings. The quantitative estimate of drug-likeness (QED) is 0.565. The zero-order chi connectivity index (χ0) is 12.7. The highest BCUT2D eigenvalue weighted by atomic mass is 32.1. The van der Waals surface area contributed by atoms with Crippen molar-refractivity contribution in [3.63, 3.8) is 0 Å². The lowest BCUT2D eigenvalue weighted by Crippen LogP contribution is -2.39. The Morgan fingerprint density at radius 1 is 1.41 bits per heavy atom. The van der Waals surface area contributed by atoms with Gasteiger partial charge in [0.1, 0.15) is 5.75 Å². The van der Waals surface area contributed by atoms with Gasteiger partial charge in [-0.25, -0.2) is 0 Å². The van der Waals surface area contributed by atoms with E-state index in [0.29, 0.717) is 0 Å². The van der Waals surface area contributed by atoms with E-state index in [4.69, 9.17) is 12.2 Å². The van der Waals surface area contributed by atoms with Crippen LogP contribution in [-0.2, 0) is 0 Å². The highest BCUT2D eigenvalue weighted by molar-refractivity contribution is 7.80. The summed E-state index contributed by atoms with van der Waals surface area (Å²) in [6.45, 7) is 2.81. The topological polar surface area (TPSA) is 61.4 Å². The number of phenolic OH excluding ortho intramolecular Hbond substituents is 1. The molecule has 92 valence electrons. The highest BCUT2D eigenvalue weighted by Gasteiger charge is 2.10. The zero-order valence-electron chi connectivity index (χ0n) is 9.69. The molecule has 0 spiro atoms. The molecule has 1 aromatic carbocycles. The fraction of sp³-hybridized carbons (Fsp3) is 0.333. The number of aromatic hydroxyl groups is 1. The fourth-order valence-electron chi connectivity index (χ4n) is 1.26. The normalized spacial score (nSPS) is 9.71. The average molecular weight is 252 g/mol. The first-order chi connectivity index (χ1) is 8.15. The number of hydrogen-bond donors (Lipinski definition) is 3. The molecule has 0 saturated heterocycles. The zero-order valence-corrected chi connectivity index (χ0v) is 10.5. The molecule has 0 heterocycles. The van der Waals surface area contributed by atoms with E-state index >= 15 is 0 Å². The number of carbonyl (C=O) groups excluding carboxylic acids is 1. The Bertz CT molecular complexity index is 407. The van der Waals surface area contributed by atoms with Crippen LogP contribution in [0, 0.1) is 0 Å². The maximum atomic E-state index is 11.7. The lowest BCUT2D eigenvalue weighted by atomic mass is 10.2. The molecule has 1 amide bonds. The molecular weight excluding hydrogens is 236 g/mol. The number of benzene rings is 1. The Morgan fingerprint density at radius 2 is 2.12 bits per heavy atom. The number of amides is 1. The van der Waals surface area contributed by atoms with Gasteiger partial charge < -0.3 is 10.4 Å². The van der Waals surface area contributed by atoms with Crippen LogP contribution >= 0.6 is 12.2 Å². The third kappa shape index (κ3) is 4.40. The van der Waals surface area contributed by atoms with Gasteiger partial charge in [-0.3, -0.25) is 10.1 Å². The van der Waals surface area contributed by atoms with E-state index in [9.17, 15) is 9.90 Å². The number of para-hydroxylation sites is 1. The van der Waals surface area contributed by atoms with Crippen molar-refractivity contribution >= 4 is 23.2 Å². The van der Waals surface area contributed by atoms with Crippen molar-refractivity contribution in [3.8, 4) is 5.75 Å². The number of unbranched alkanes of at least 4 members (excludes halogenated alkanes) is 1. The third-order valence-electron chi connectivity index (χ3n) is 2.19. The van der Waals surface area contributed by atoms with Crippen molar-refractivity contribution in [2.24, 2.45) is 0 Å². The van der Waals surface area contributed by atoms with Crippen LogP contribution in [-0.4, -0.2) is 22.7 Å². The molecule has 0 atom stereocenters. The van der Waals surface area contributed by atoms with Crippen LogP contribution in [0.4, 0.5) is 0 Å². The first-order valence-corrected chi connectivity index (χ1v) is 5.93. The highest BCUT2D eigenvalue weighted by Crippen LogP contribution is 2.14. The summed E-state index contributed by atoms with van der Waals surface area (Å²) >= 11 is 4.96. The third-order valence-corrected chi connectivity index (χ3v) is 2.44. The Labute approximate surface area is 106 Å². The van der Waals surface area contributed by atoms with Crippen LogP contribution < -0.4 is 10.6 Å². The van der Waals surface area contributed by atoms with Gasteiger partial charge >= 0.3 is 0 Å². The minimum atomic E-state index is -0.405. The minimum absolute atomic E-state index is 0.0543. The van der Waals surface area contributed by atoms with Crippen LogP contribution in [0.5, 0.6) is 5.75 Å². The van der Waals surface area contributed by atoms with Crippen LogP contribution in [0.15, 0.2) is 24.3 Å². The monoisotopic (exact) mass is 252 g/mol. The number of hydrogen-bond acceptors (Lipinski definition) is 3. The maximum Gasteiger partial charge on any atom is 0.261 e. The minimum Gasteiger partial charge on any atom is -0.507 e. The summed E-state index contributed by atoms with van der Waals surface area (Å²) in [6.07, 6.45) is 2.05. The Balaban J connectivity index is 2.49. The molecule has 4 nitrogen and oxygen atoms in total. The molecule has 0 saturated carbocycles. The summed E-state index contributed by atoms with van der Waals surface area (Å²) < 4.78 is 0. The summed E-state index contributed by atoms with van der Waals surface area (Å²) in [4.78, 5) is 11.7. The standard InChI is InChI=1S/C12H16N2O2S/c1-2-3-8-13-12(17)14-11(16)9-6-4-5-7-10(9)15/h4-7,15H,2-3,8H2,1H3,(H2,13,14,16,17). The predicted molar refractivity (Wildman–Crippen MR) is 71.1 cm³/mol. The van der Waals surface area contributed by atoms with Gasteiger partial charge in [-0.2, -0.15) is 0 Å². The van der Waals surface area contributed by atoms with Crippen molar-refractivity contribution in [1.82, 2.24) is 10.6 Å². The number of nitrogens with one attached hydrogen (secondary N) is 2. The van der Waals surface area contributed by atoms with E-state index in [1.807, 2.05) is 0 Å².